The van der Waals surface area contributed by atoms with E-state index in [-0.39, 0.29) is 0 Å². The van der Waals surface area contributed by atoms with E-state index in [0.29, 0.717) is 12.3 Å². The Morgan fingerprint density at radius 2 is 2.33 bits per heavy atom. The molecule has 2 N–H and O–H groups in total. The van der Waals surface area contributed by atoms with Gasteiger partial charge in [0.15, 0.2) is 0 Å². The molecule has 96 valence electrons. The maximum Gasteiger partial charge on any atom is 0.209 e. The van der Waals surface area contributed by atoms with Crippen molar-refractivity contribution in [2.75, 3.05) is 18.1 Å². The lowest BCUT2D eigenvalue weighted by Crippen LogP contribution is -2.00. The molecule has 0 saturated heterocycles. The molecule has 0 saturated carbocycles. The normalized spacial score (nSPS) is 10.5. The Hall–Kier alpha value is -1.76. The number of ether oxygens (including phenoxy) is 1. The highest BCUT2D eigenvalue weighted by Gasteiger charge is 2.02. The molecule has 0 unspecified atom stereocenters. The minimum absolute atomic E-state index is 0.654. The van der Waals surface area contributed by atoms with E-state index in [0.717, 1.165) is 23.1 Å². The number of hydrogen-bond donors (Lipinski definition) is 1. The lowest BCUT2D eigenvalue weighted by Gasteiger charge is -2.06. The zero-order valence-electron chi connectivity index (χ0n) is 10.1. The Morgan fingerprint density at radius 1 is 1.44 bits per heavy atom. The summed E-state index contributed by atoms with van der Waals surface area (Å²) in [7, 11) is 1.82. The second-order valence-corrected chi connectivity index (χ2v) is 4.77. The molecule has 1 aromatic carbocycles. The van der Waals surface area contributed by atoms with Gasteiger partial charge in [0, 0.05) is 24.6 Å². The van der Waals surface area contributed by atoms with Crippen molar-refractivity contribution in [3.63, 3.8) is 0 Å². The number of nitrogen functional groups attached to an aromatic ring is 1. The Labute approximate surface area is 110 Å². The second-order valence-electron chi connectivity index (χ2n) is 3.71. The third-order valence-electron chi connectivity index (χ3n) is 2.23. The SMILES string of the molecule is Cn1nnnc1SCCCOc1cccc(N)c1. The summed E-state index contributed by atoms with van der Waals surface area (Å²) in [4.78, 5) is 0. The predicted octanol–water partition coefficient (Wildman–Crippen LogP) is 1.35. The van der Waals surface area contributed by atoms with E-state index in [9.17, 15) is 0 Å². The van der Waals surface area contributed by atoms with Crippen LogP contribution in [-0.4, -0.2) is 32.6 Å². The van der Waals surface area contributed by atoms with Crippen molar-refractivity contribution in [2.45, 2.75) is 11.6 Å². The molecule has 2 aromatic rings. The van der Waals surface area contributed by atoms with E-state index in [4.69, 9.17) is 10.5 Å². The number of nitrogens with two attached hydrogens (primary N) is 1. The van der Waals surface area contributed by atoms with Gasteiger partial charge in [-0.3, -0.25) is 0 Å². The Morgan fingerprint density at radius 3 is 3.06 bits per heavy atom. The van der Waals surface area contributed by atoms with Crippen LogP contribution in [0.3, 0.4) is 0 Å². The van der Waals surface area contributed by atoms with Gasteiger partial charge in [0.25, 0.3) is 0 Å². The van der Waals surface area contributed by atoms with E-state index in [1.165, 1.54) is 0 Å². The van der Waals surface area contributed by atoms with Gasteiger partial charge in [-0.05, 0) is 29.0 Å². The third-order valence-corrected chi connectivity index (χ3v) is 3.32. The molecule has 0 aliphatic carbocycles. The average molecular weight is 265 g/mol. The molecule has 18 heavy (non-hydrogen) atoms. The van der Waals surface area contributed by atoms with Crippen molar-refractivity contribution >= 4 is 17.4 Å². The van der Waals surface area contributed by atoms with E-state index in [1.807, 2.05) is 31.3 Å². The summed E-state index contributed by atoms with van der Waals surface area (Å²) in [5, 5.41) is 12.0. The summed E-state index contributed by atoms with van der Waals surface area (Å²) < 4.78 is 7.24. The molecule has 0 radical (unpaired) electrons. The first-order valence-corrected chi connectivity index (χ1v) is 6.58. The molecule has 0 atom stereocenters. The van der Waals surface area contributed by atoms with Gasteiger partial charge in [-0.25, -0.2) is 4.68 Å². The van der Waals surface area contributed by atoms with E-state index in [1.54, 1.807) is 16.4 Å². The van der Waals surface area contributed by atoms with Gasteiger partial charge < -0.3 is 10.5 Å². The van der Waals surface area contributed by atoms with Gasteiger partial charge in [0.1, 0.15) is 5.75 Å². The quantitative estimate of drug-likeness (QED) is 0.482. The van der Waals surface area contributed by atoms with Gasteiger partial charge >= 0.3 is 0 Å². The number of nitrogens with zero attached hydrogens (tertiary/aromatic N) is 4. The summed E-state index contributed by atoms with van der Waals surface area (Å²) in [6, 6.07) is 7.43. The number of aryl methyl sites for hydroxylation is 1. The topological polar surface area (TPSA) is 78.8 Å². The van der Waals surface area contributed by atoms with E-state index in [2.05, 4.69) is 15.5 Å². The van der Waals surface area contributed by atoms with Crippen LogP contribution in [0.5, 0.6) is 5.75 Å². The summed E-state index contributed by atoms with van der Waals surface area (Å²) in [6.07, 6.45) is 0.923. The maximum absolute atomic E-state index is 5.66. The van der Waals surface area contributed by atoms with Crippen LogP contribution < -0.4 is 10.5 Å². The fourth-order valence-electron chi connectivity index (χ4n) is 1.36. The minimum atomic E-state index is 0.654. The average Bonchev–Trinajstić information content (AvgIpc) is 2.75. The minimum Gasteiger partial charge on any atom is -0.493 e. The summed E-state index contributed by atoms with van der Waals surface area (Å²) in [5.41, 5.74) is 6.38. The Bertz CT molecular complexity index is 502. The lowest BCUT2D eigenvalue weighted by molar-refractivity contribution is 0.319. The van der Waals surface area contributed by atoms with Gasteiger partial charge in [-0.1, -0.05) is 17.8 Å². The van der Waals surface area contributed by atoms with Crippen LogP contribution in [0.1, 0.15) is 6.42 Å². The van der Waals surface area contributed by atoms with Crippen LogP contribution in [0.25, 0.3) is 0 Å². The fourth-order valence-corrected chi connectivity index (χ4v) is 2.12. The number of tetrazole rings is 1. The van der Waals surface area contributed by atoms with Gasteiger partial charge in [-0.15, -0.1) is 5.10 Å². The van der Waals surface area contributed by atoms with Crippen molar-refractivity contribution in [1.29, 1.82) is 0 Å². The van der Waals surface area contributed by atoms with Crippen molar-refractivity contribution in [1.82, 2.24) is 20.2 Å². The largest absolute Gasteiger partial charge is 0.493 e. The summed E-state index contributed by atoms with van der Waals surface area (Å²) >= 11 is 1.61. The molecule has 2 rings (SSSR count). The molecule has 6 nitrogen and oxygen atoms in total. The first-order chi connectivity index (χ1) is 8.75. The number of thioether (sulfide) groups is 1. The smallest absolute Gasteiger partial charge is 0.209 e. The highest BCUT2D eigenvalue weighted by molar-refractivity contribution is 7.99. The molecule has 0 fully saturated rings. The lowest BCUT2D eigenvalue weighted by atomic mass is 10.3. The van der Waals surface area contributed by atoms with Crippen LogP contribution in [0.4, 0.5) is 5.69 Å². The monoisotopic (exact) mass is 265 g/mol. The summed E-state index contributed by atoms with van der Waals surface area (Å²) in [5.74, 6) is 1.72. The first kappa shape index (κ1) is 12.7. The molecule has 0 bridgehead atoms. The highest BCUT2D eigenvalue weighted by Crippen LogP contribution is 2.16. The number of benzene rings is 1. The molecule has 1 heterocycles. The molecule has 7 heteroatoms. The van der Waals surface area contributed by atoms with Crippen molar-refractivity contribution in [3.05, 3.63) is 24.3 Å². The first-order valence-electron chi connectivity index (χ1n) is 5.59. The van der Waals surface area contributed by atoms with E-state index < -0.39 is 0 Å². The zero-order valence-corrected chi connectivity index (χ0v) is 10.9. The predicted molar refractivity (Wildman–Crippen MR) is 70.5 cm³/mol. The number of aromatic nitrogens is 4. The van der Waals surface area contributed by atoms with Crippen LogP contribution in [0.15, 0.2) is 29.4 Å². The van der Waals surface area contributed by atoms with E-state index >= 15 is 0 Å². The van der Waals surface area contributed by atoms with Gasteiger partial charge in [0.2, 0.25) is 5.16 Å². The van der Waals surface area contributed by atoms with Gasteiger partial charge in [0.05, 0.1) is 6.61 Å². The molecule has 0 spiro atoms. The standard InChI is InChI=1S/C11H15N5OS/c1-16-11(13-14-15-16)18-7-3-6-17-10-5-2-4-9(12)8-10/h2,4-5,8H,3,6-7,12H2,1H3. The fraction of sp³-hybridized carbons (Fsp3) is 0.364. The molecular weight excluding hydrogens is 250 g/mol. The zero-order chi connectivity index (χ0) is 12.8. The molecule has 0 aliphatic heterocycles. The molecular formula is C11H15N5OS. The van der Waals surface area contributed by atoms with Crippen LogP contribution in [-0.2, 0) is 7.05 Å². The second kappa shape index (κ2) is 6.25. The number of anilines is 1. The van der Waals surface area contributed by atoms with Crippen LogP contribution in [0, 0.1) is 0 Å². The maximum atomic E-state index is 5.66. The summed E-state index contributed by atoms with van der Waals surface area (Å²) in [6.45, 7) is 0.654. The molecule has 0 aliphatic rings. The third kappa shape index (κ3) is 3.63. The Kier molecular flexibility index (Phi) is 4.40. The van der Waals surface area contributed by atoms with Crippen molar-refractivity contribution in [2.24, 2.45) is 7.05 Å². The Balaban J connectivity index is 1.66. The highest BCUT2D eigenvalue weighted by atomic mass is 32.2. The van der Waals surface area contributed by atoms with Crippen LogP contribution >= 0.6 is 11.8 Å². The van der Waals surface area contributed by atoms with Crippen molar-refractivity contribution in [3.8, 4) is 5.75 Å². The molecule has 0 amide bonds. The van der Waals surface area contributed by atoms with Crippen LogP contribution in [0.2, 0.25) is 0 Å². The number of hydrogen-bond acceptors (Lipinski definition) is 6. The molecule has 1 aromatic heterocycles. The van der Waals surface area contributed by atoms with Crippen molar-refractivity contribution < 1.29 is 4.74 Å². The van der Waals surface area contributed by atoms with Gasteiger partial charge in [-0.2, -0.15) is 0 Å². The number of rotatable bonds is 6.